The average molecular weight is 241 g/mol. The van der Waals surface area contributed by atoms with Crippen molar-refractivity contribution in [2.75, 3.05) is 0 Å². The molecule has 0 aliphatic heterocycles. The van der Waals surface area contributed by atoms with Crippen molar-refractivity contribution in [1.29, 1.82) is 0 Å². The molecule has 1 aliphatic carbocycles. The molecule has 3 rings (SSSR count). The Labute approximate surface area is 110 Å². The lowest BCUT2D eigenvalue weighted by Crippen LogP contribution is -2.26. The summed E-state index contributed by atoms with van der Waals surface area (Å²) in [7, 11) is 0. The molecule has 1 aromatic heterocycles. The van der Waals surface area contributed by atoms with Crippen LogP contribution in [0.25, 0.3) is 10.9 Å². The van der Waals surface area contributed by atoms with Crippen LogP contribution in [0.15, 0.2) is 18.2 Å². The van der Waals surface area contributed by atoms with E-state index in [0.29, 0.717) is 5.41 Å². The first-order valence-electron chi connectivity index (χ1n) is 7.05. The maximum atomic E-state index is 3.62. The quantitative estimate of drug-likeness (QED) is 0.692. The molecule has 0 radical (unpaired) electrons. The highest BCUT2D eigenvalue weighted by Crippen LogP contribution is 2.39. The fourth-order valence-corrected chi connectivity index (χ4v) is 3.27. The number of hydrogen-bond donors (Lipinski definition) is 1. The Hall–Kier alpha value is -1.24. The lowest BCUT2D eigenvalue weighted by Gasteiger charge is -2.34. The van der Waals surface area contributed by atoms with Crippen LogP contribution < -0.4 is 0 Å². The van der Waals surface area contributed by atoms with E-state index in [4.69, 9.17) is 0 Å². The minimum absolute atomic E-state index is 0.422. The monoisotopic (exact) mass is 241 g/mol. The van der Waals surface area contributed by atoms with Crippen LogP contribution in [0, 0.1) is 18.3 Å². The molecular weight excluding hydrogens is 218 g/mol. The van der Waals surface area contributed by atoms with E-state index >= 15 is 0 Å². The maximum Gasteiger partial charge on any atom is 0.0459 e. The zero-order valence-electron chi connectivity index (χ0n) is 11.9. The lowest BCUT2D eigenvalue weighted by atomic mass is 9.71. The fourth-order valence-electron chi connectivity index (χ4n) is 3.27. The number of aromatic amines is 1. The molecule has 0 amide bonds. The van der Waals surface area contributed by atoms with Crippen molar-refractivity contribution in [3.05, 3.63) is 35.0 Å². The molecule has 1 nitrogen and oxygen atoms in total. The number of hydrogen-bond acceptors (Lipinski definition) is 0. The molecule has 0 saturated heterocycles. The maximum absolute atomic E-state index is 3.62. The number of benzene rings is 1. The molecule has 1 aromatic carbocycles. The number of aryl methyl sites for hydroxylation is 2. The van der Waals surface area contributed by atoms with E-state index in [2.05, 4.69) is 50.9 Å². The van der Waals surface area contributed by atoms with E-state index in [1.165, 1.54) is 41.4 Å². The molecule has 2 aromatic rings. The van der Waals surface area contributed by atoms with E-state index in [0.717, 1.165) is 5.92 Å². The number of aromatic nitrogens is 1. The predicted octanol–water partition coefficient (Wildman–Crippen LogP) is 4.63. The Kier molecular flexibility index (Phi) is 2.55. The third kappa shape index (κ3) is 1.86. The predicted molar refractivity (Wildman–Crippen MR) is 78.0 cm³/mol. The van der Waals surface area contributed by atoms with Gasteiger partial charge in [-0.05, 0) is 55.2 Å². The van der Waals surface area contributed by atoms with E-state index < -0.39 is 0 Å². The van der Waals surface area contributed by atoms with Crippen molar-refractivity contribution >= 4 is 10.9 Å². The van der Waals surface area contributed by atoms with E-state index in [9.17, 15) is 0 Å². The Morgan fingerprint density at radius 1 is 1.22 bits per heavy atom. The summed E-state index contributed by atoms with van der Waals surface area (Å²) in [5.74, 6) is 0.810. The summed E-state index contributed by atoms with van der Waals surface area (Å²) in [6.45, 7) is 9.32. The summed E-state index contributed by atoms with van der Waals surface area (Å²) in [6, 6.07) is 6.77. The molecule has 0 bridgehead atoms. The number of nitrogens with one attached hydrogen (secondary N) is 1. The van der Waals surface area contributed by atoms with Crippen molar-refractivity contribution in [1.82, 2.24) is 4.98 Å². The van der Waals surface area contributed by atoms with Crippen molar-refractivity contribution in [3.8, 4) is 0 Å². The van der Waals surface area contributed by atoms with Gasteiger partial charge >= 0.3 is 0 Å². The molecule has 1 heterocycles. The normalized spacial score (nSPS) is 20.1. The molecule has 1 unspecified atom stereocenters. The summed E-state index contributed by atoms with van der Waals surface area (Å²) in [5, 5.41) is 1.46. The van der Waals surface area contributed by atoms with E-state index in [1.807, 2.05) is 0 Å². The second-order valence-electron chi connectivity index (χ2n) is 6.94. The van der Waals surface area contributed by atoms with Crippen molar-refractivity contribution in [2.45, 2.75) is 47.0 Å². The van der Waals surface area contributed by atoms with Gasteiger partial charge in [0.2, 0.25) is 0 Å². The first kappa shape index (κ1) is 11.8. The van der Waals surface area contributed by atoms with Crippen molar-refractivity contribution < 1.29 is 0 Å². The van der Waals surface area contributed by atoms with Crippen LogP contribution in [0.4, 0.5) is 0 Å². The van der Waals surface area contributed by atoms with Gasteiger partial charge in [-0.25, -0.2) is 0 Å². The van der Waals surface area contributed by atoms with Crippen LogP contribution in [-0.4, -0.2) is 4.98 Å². The highest BCUT2D eigenvalue weighted by atomic mass is 14.7. The lowest BCUT2D eigenvalue weighted by molar-refractivity contribution is 0.216. The molecule has 1 aliphatic rings. The van der Waals surface area contributed by atoms with Gasteiger partial charge in [0.1, 0.15) is 0 Å². The van der Waals surface area contributed by atoms with Crippen LogP contribution in [0.3, 0.4) is 0 Å². The van der Waals surface area contributed by atoms with Crippen molar-refractivity contribution in [3.63, 3.8) is 0 Å². The molecule has 0 saturated carbocycles. The first-order chi connectivity index (χ1) is 8.45. The van der Waals surface area contributed by atoms with Gasteiger partial charge in [0.15, 0.2) is 0 Å². The average Bonchev–Trinajstić information content (AvgIpc) is 2.65. The van der Waals surface area contributed by atoms with Crippen LogP contribution in [-0.2, 0) is 12.8 Å². The van der Waals surface area contributed by atoms with Gasteiger partial charge in [0.05, 0.1) is 0 Å². The molecule has 1 N–H and O–H groups in total. The van der Waals surface area contributed by atoms with Gasteiger partial charge in [-0.15, -0.1) is 0 Å². The summed E-state index contributed by atoms with van der Waals surface area (Å²) < 4.78 is 0. The van der Waals surface area contributed by atoms with E-state index in [1.54, 1.807) is 5.56 Å². The van der Waals surface area contributed by atoms with Crippen LogP contribution in [0.5, 0.6) is 0 Å². The second kappa shape index (κ2) is 3.88. The Balaban J connectivity index is 2.08. The minimum atomic E-state index is 0.422. The standard InChI is InChI=1S/C17H23N/c1-11-5-7-15-13(9-11)14-10-12(17(2,3)4)6-8-16(14)18-15/h5,7,9,12,18H,6,8,10H2,1-4H3. The minimum Gasteiger partial charge on any atom is -0.358 e. The molecule has 1 atom stereocenters. The van der Waals surface area contributed by atoms with Crippen molar-refractivity contribution in [2.24, 2.45) is 11.3 Å². The zero-order chi connectivity index (χ0) is 12.9. The molecule has 96 valence electrons. The third-order valence-corrected chi connectivity index (χ3v) is 4.57. The second-order valence-corrected chi connectivity index (χ2v) is 6.94. The van der Waals surface area contributed by atoms with Crippen LogP contribution in [0.2, 0.25) is 0 Å². The number of H-pyrrole nitrogens is 1. The SMILES string of the molecule is Cc1ccc2[nH]c3c(c2c1)CC(C(C)(C)C)CC3. The Bertz CT molecular complexity index is 583. The van der Waals surface area contributed by atoms with Gasteiger partial charge in [-0.2, -0.15) is 0 Å². The number of rotatable bonds is 0. The third-order valence-electron chi connectivity index (χ3n) is 4.57. The summed E-state index contributed by atoms with van der Waals surface area (Å²) >= 11 is 0. The zero-order valence-corrected chi connectivity index (χ0v) is 11.9. The molecule has 1 heteroatoms. The topological polar surface area (TPSA) is 15.8 Å². The molecule has 0 fully saturated rings. The van der Waals surface area contributed by atoms with Gasteiger partial charge in [-0.1, -0.05) is 32.4 Å². The molecule has 0 spiro atoms. The van der Waals surface area contributed by atoms with Crippen LogP contribution in [0.1, 0.15) is 44.0 Å². The fraction of sp³-hybridized carbons (Fsp3) is 0.529. The summed E-state index contributed by atoms with van der Waals surface area (Å²) in [6.07, 6.45) is 3.77. The van der Waals surface area contributed by atoms with Gasteiger partial charge < -0.3 is 4.98 Å². The van der Waals surface area contributed by atoms with E-state index in [-0.39, 0.29) is 0 Å². The smallest absolute Gasteiger partial charge is 0.0459 e. The Morgan fingerprint density at radius 2 is 2.00 bits per heavy atom. The van der Waals surface area contributed by atoms with Crippen LogP contribution >= 0.6 is 0 Å². The van der Waals surface area contributed by atoms with Gasteiger partial charge in [0.25, 0.3) is 0 Å². The number of fused-ring (bicyclic) bond motifs is 3. The highest BCUT2D eigenvalue weighted by Gasteiger charge is 2.30. The first-order valence-corrected chi connectivity index (χ1v) is 7.05. The van der Waals surface area contributed by atoms with Gasteiger partial charge in [-0.3, -0.25) is 0 Å². The molecule has 18 heavy (non-hydrogen) atoms. The van der Waals surface area contributed by atoms with Gasteiger partial charge in [0, 0.05) is 16.6 Å². The Morgan fingerprint density at radius 3 is 2.72 bits per heavy atom. The molecular formula is C17H23N. The summed E-state index contributed by atoms with van der Waals surface area (Å²) in [4.78, 5) is 3.62. The largest absolute Gasteiger partial charge is 0.358 e. The summed E-state index contributed by atoms with van der Waals surface area (Å²) in [5.41, 5.74) is 6.17. The highest BCUT2D eigenvalue weighted by molar-refractivity contribution is 5.85.